The molecule has 0 spiro atoms. The molecule has 3 nitrogen and oxygen atoms in total. The lowest BCUT2D eigenvalue weighted by Gasteiger charge is -2.26. The first kappa shape index (κ1) is 10.2. The van der Waals surface area contributed by atoms with E-state index in [9.17, 15) is 0 Å². The minimum atomic E-state index is 0.319. The summed E-state index contributed by atoms with van der Waals surface area (Å²) in [6.45, 7) is 0. The number of rotatable bonds is 2. The fourth-order valence-corrected chi connectivity index (χ4v) is 2.17. The number of pyridine rings is 1. The number of aromatic nitrogens is 1. The number of nitrogens with zero attached hydrogens (tertiary/aromatic N) is 1. The summed E-state index contributed by atoms with van der Waals surface area (Å²) in [6.07, 6.45) is 5.45. The molecular weight excluding hydrogens is 312 g/mol. The van der Waals surface area contributed by atoms with Crippen molar-refractivity contribution in [2.24, 2.45) is 0 Å². The second-order valence-electron chi connectivity index (χ2n) is 3.31. The number of halogens is 2. The molecule has 0 atom stereocenters. The van der Waals surface area contributed by atoms with E-state index in [4.69, 9.17) is 10.5 Å². The van der Waals surface area contributed by atoms with E-state index in [1.165, 1.54) is 6.42 Å². The summed E-state index contributed by atoms with van der Waals surface area (Å²) in [5, 5.41) is 0. The Balaban J connectivity index is 2.20. The van der Waals surface area contributed by atoms with Crippen LogP contribution in [0.1, 0.15) is 19.3 Å². The molecule has 76 valence electrons. The monoisotopic (exact) mass is 320 g/mol. The molecule has 2 N–H and O–H groups in total. The Morgan fingerprint density at radius 3 is 2.71 bits per heavy atom. The molecular formula is C9H10Br2N2O. The van der Waals surface area contributed by atoms with Crippen LogP contribution in [0.3, 0.4) is 0 Å². The Morgan fingerprint density at radius 1 is 1.43 bits per heavy atom. The van der Waals surface area contributed by atoms with Crippen molar-refractivity contribution in [2.45, 2.75) is 25.4 Å². The smallest absolute Gasteiger partial charge is 0.230 e. The van der Waals surface area contributed by atoms with Crippen LogP contribution in [0.5, 0.6) is 5.88 Å². The van der Waals surface area contributed by atoms with Crippen LogP contribution in [0.2, 0.25) is 0 Å². The molecule has 0 unspecified atom stereocenters. The molecule has 1 saturated carbocycles. The molecule has 1 aliphatic rings. The van der Waals surface area contributed by atoms with Gasteiger partial charge >= 0.3 is 0 Å². The van der Waals surface area contributed by atoms with Gasteiger partial charge in [0.15, 0.2) is 0 Å². The van der Waals surface area contributed by atoms with Crippen molar-refractivity contribution in [2.75, 3.05) is 5.73 Å². The molecule has 0 aromatic carbocycles. The SMILES string of the molecule is Nc1c(Br)cnc(OC2CCC2)c1Br. The molecule has 0 radical (unpaired) electrons. The first-order valence-corrected chi connectivity index (χ1v) is 6.03. The highest BCUT2D eigenvalue weighted by molar-refractivity contribution is 9.11. The van der Waals surface area contributed by atoms with Gasteiger partial charge in [0.1, 0.15) is 10.6 Å². The van der Waals surface area contributed by atoms with Crippen LogP contribution in [0, 0.1) is 0 Å². The molecule has 2 rings (SSSR count). The first-order valence-electron chi connectivity index (χ1n) is 4.44. The molecule has 0 saturated heterocycles. The van der Waals surface area contributed by atoms with E-state index in [2.05, 4.69) is 36.8 Å². The molecule has 1 aromatic rings. The van der Waals surface area contributed by atoms with Crippen LogP contribution in [-0.2, 0) is 0 Å². The molecule has 1 fully saturated rings. The maximum atomic E-state index is 5.80. The van der Waals surface area contributed by atoms with Crippen LogP contribution in [0.15, 0.2) is 15.1 Å². The van der Waals surface area contributed by atoms with Gasteiger partial charge in [0, 0.05) is 6.20 Å². The molecule has 1 heterocycles. The standard InChI is InChI=1S/C9H10Br2N2O/c10-6-4-13-9(7(11)8(6)12)14-5-2-1-3-5/h4-5H,1-3H2,(H2,12,13). The van der Waals surface area contributed by atoms with Gasteiger partial charge in [0.25, 0.3) is 0 Å². The highest BCUT2D eigenvalue weighted by Gasteiger charge is 2.21. The summed E-state index contributed by atoms with van der Waals surface area (Å²) in [5.41, 5.74) is 6.44. The highest BCUT2D eigenvalue weighted by atomic mass is 79.9. The zero-order valence-electron chi connectivity index (χ0n) is 7.46. The van der Waals surface area contributed by atoms with E-state index in [0.717, 1.165) is 21.8 Å². The van der Waals surface area contributed by atoms with Gasteiger partial charge in [-0.05, 0) is 51.1 Å². The lowest BCUT2D eigenvalue weighted by molar-refractivity contribution is 0.114. The topological polar surface area (TPSA) is 48.1 Å². The van der Waals surface area contributed by atoms with E-state index in [0.29, 0.717) is 17.7 Å². The van der Waals surface area contributed by atoms with E-state index in [-0.39, 0.29) is 0 Å². The largest absolute Gasteiger partial charge is 0.473 e. The second kappa shape index (κ2) is 4.06. The van der Waals surface area contributed by atoms with Gasteiger partial charge < -0.3 is 10.5 Å². The van der Waals surface area contributed by atoms with Gasteiger partial charge in [-0.2, -0.15) is 0 Å². The van der Waals surface area contributed by atoms with Crippen molar-refractivity contribution >= 4 is 37.5 Å². The van der Waals surface area contributed by atoms with Crippen LogP contribution in [0.4, 0.5) is 5.69 Å². The summed E-state index contributed by atoms with van der Waals surface area (Å²) in [7, 11) is 0. The Labute approximate surface area is 99.3 Å². The van der Waals surface area contributed by atoms with Crippen molar-refractivity contribution in [3.8, 4) is 5.88 Å². The summed E-state index contributed by atoms with van der Waals surface area (Å²) in [6, 6.07) is 0. The van der Waals surface area contributed by atoms with Gasteiger partial charge in [0.2, 0.25) is 5.88 Å². The van der Waals surface area contributed by atoms with Crippen molar-refractivity contribution in [3.05, 3.63) is 15.1 Å². The van der Waals surface area contributed by atoms with E-state index < -0.39 is 0 Å². The third-order valence-electron chi connectivity index (χ3n) is 2.31. The molecule has 0 bridgehead atoms. The summed E-state index contributed by atoms with van der Waals surface area (Å²) < 4.78 is 7.18. The predicted molar refractivity (Wildman–Crippen MR) is 62.3 cm³/mol. The minimum Gasteiger partial charge on any atom is -0.473 e. The summed E-state index contributed by atoms with van der Waals surface area (Å²) in [5.74, 6) is 0.593. The van der Waals surface area contributed by atoms with E-state index in [1.807, 2.05) is 0 Å². The van der Waals surface area contributed by atoms with Crippen LogP contribution >= 0.6 is 31.9 Å². The summed E-state index contributed by atoms with van der Waals surface area (Å²) in [4.78, 5) is 4.16. The third-order valence-corrected chi connectivity index (χ3v) is 3.71. The fourth-order valence-electron chi connectivity index (χ4n) is 1.19. The maximum absolute atomic E-state index is 5.80. The van der Waals surface area contributed by atoms with Crippen molar-refractivity contribution in [1.82, 2.24) is 4.98 Å². The maximum Gasteiger partial charge on any atom is 0.230 e. The zero-order chi connectivity index (χ0) is 10.1. The lowest BCUT2D eigenvalue weighted by atomic mass is 9.96. The third kappa shape index (κ3) is 1.88. The Hall–Kier alpha value is -0.290. The predicted octanol–water partition coefficient (Wildman–Crippen LogP) is 3.12. The number of anilines is 1. The zero-order valence-corrected chi connectivity index (χ0v) is 10.6. The van der Waals surface area contributed by atoms with Gasteiger partial charge in [-0.25, -0.2) is 4.98 Å². The number of nitrogens with two attached hydrogens (primary N) is 1. The number of hydrogen-bond acceptors (Lipinski definition) is 3. The second-order valence-corrected chi connectivity index (χ2v) is 4.96. The molecule has 0 aliphatic heterocycles. The minimum absolute atomic E-state index is 0.319. The average Bonchev–Trinajstić information content (AvgIpc) is 2.10. The number of nitrogen functional groups attached to an aromatic ring is 1. The van der Waals surface area contributed by atoms with Crippen molar-refractivity contribution in [1.29, 1.82) is 0 Å². The molecule has 1 aliphatic carbocycles. The van der Waals surface area contributed by atoms with Gasteiger partial charge in [-0.1, -0.05) is 0 Å². The van der Waals surface area contributed by atoms with Crippen LogP contribution in [0.25, 0.3) is 0 Å². The van der Waals surface area contributed by atoms with Gasteiger partial charge in [-0.3, -0.25) is 0 Å². The fraction of sp³-hybridized carbons (Fsp3) is 0.444. The summed E-state index contributed by atoms with van der Waals surface area (Å²) >= 11 is 6.67. The first-order chi connectivity index (χ1) is 6.68. The van der Waals surface area contributed by atoms with Crippen molar-refractivity contribution in [3.63, 3.8) is 0 Å². The van der Waals surface area contributed by atoms with Crippen molar-refractivity contribution < 1.29 is 4.74 Å². The van der Waals surface area contributed by atoms with Gasteiger partial charge in [-0.15, -0.1) is 0 Å². The molecule has 5 heteroatoms. The Kier molecular flexibility index (Phi) is 2.97. The lowest BCUT2D eigenvalue weighted by Crippen LogP contribution is -2.25. The Morgan fingerprint density at radius 2 is 2.14 bits per heavy atom. The van der Waals surface area contributed by atoms with E-state index in [1.54, 1.807) is 6.20 Å². The Bertz CT molecular complexity index is 353. The quantitative estimate of drug-likeness (QED) is 0.910. The number of ether oxygens (including phenoxy) is 1. The van der Waals surface area contributed by atoms with Gasteiger partial charge in [0.05, 0.1) is 10.2 Å². The van der Waals surface area contributed by atoms with Crippen LogP contribution in [-0.4, -0.2) is 11.1 Å². The number of hydrogen-bond donors (Lipinski definition) is 1. The molecule has 0 amide bonds. The van der Waals surface area contributed by atoms with Crippen LogP contribution < -0.4 is 10.5 Å². The van der Waals surface area contributed by atoms with E-state index >= 15 is 0 Å². The average molecular weight is 322 g/mol. The highest BCUT2D eigenvalue weighted by Crippen LogP contribution is 2.36. The molecule has 14 heavy (non-hydrogen) atoms. The normalized spacial score (nSPS) is 16.4. The molecule has 1 aromatic heterocycles.